The standard InChI is InChI=1S/C47H58ClN3O5/c1-31-39(11-7-14-44(31)54-19-4-2-3-8-32-9-5-10-37(52)16-15-32)40-12-6-13-42-41(40)17-18-45(42)56-47-22-46(35(21-43(47)48)27-51-28-38(53)29-51)55-30-33-20-34(24-49-23-33)36-25-50-26-36/h6-7,11-14,20-24,32,36-38,45,50,52-53H,2-5,8-10,15-19,25-30H2,1H3/t32?,37?,45-/m0/s1. The van der Waals surface area contributed by atoms with Crippen LogP contribution in [-0.2, 0) is 19.6 Å². The van der Waals surface area contributed by atoms with Crippen molar-refractivity contribution in [2.24, 2.45) is 5.92 Å². The van der Waals surface area contributed by atoms with Gasteiger partial charge in [0.1, 0.15) is 30.0 Å². The van der Waals surface area contributed by atoms with Crippen molar-refractivity contribution in [3.8, 4) is 28.4 Å². The lowest BCUT2D eigenvalue weighted by Gasteiger charge is -2.36. The minimum Gasteiger partial charge on any atom is -0.493 e. The number of likely N-dealkylation sites (tertiary alicyclic amines) is 1. The molecule has 2 unspecified atom stereocenters. The molecule has 8 nitrogen and oxygen atoms in total. The summed E-state index contributed by atoms with van der Waals surface area (Å²) in [6.45, 7) is 7.18. The molecule has 0 amide bonds. The highest BCUT2D eigenvalue weighted by Gasteiger charge is 2.30. The third-order valence-electron chi connectivity index (χ3n) is 12.5. The minimum atomic E-state index is -0.285. The molecule has 1 saturated carbocycles. The lowest BCUT2D eigenvalue weighted by atomic mass is 9.93. The number of rotatable bonds is 16. The first-order valence-corrected chi connectivity index (χ1v) is 21.4. The predicted molar refractivity (Wildman–Crippen MR) is 222 cm³/mol. The molecule has 3 fully saturated rings. The topological polar surface area (TPSA) is 96.3 Å². The summed E-state index contributed by atoms with van der Waals surface area (Å²) in [7, 11) is 0. The number of nitrogens with one attached hydrogen (secondary N) is 1. The Hall–Kier alpha value is -3.66. The van der Waals surface area contributed by atoms with Gasteiger partial charge in [0.15, 0.2) is 0 Å². The first-order valence-electron chi connectivity index (χ1n) is 21.1. The van der Waals surface area contributed by atoms with Gasteiger partial charge in [-0.1, -0.05) is 74.0 Å². The molecular formula is C47H58ClN3O5. The SMILES string of the molecule is Cc1c(OCCCCCC2CCCC(O)CC2)cccc1-c1cccc2c1CC[C@@H]2Oc1cc(OCc2cncc(C3CNC3)c2)c(CN2CC(O)C2)cc1Cl. The van der Waals surface area contributed by atoms with E-state index in [1.807, 2.05) is 24.5 Å². The van der Waals surface area contributed by atoms with Gasteiger partial charge in [0, 0.05) is 68.2 Å². The van der Waals surface area contributed by atoms with Gasteiger partial charge in [-0.2, -0.15) is 0 Å². The minimum absolute atomic E-state index is 0.0827. The Balaban J connectivity index is 0.927. The Morgan fingerprint density at radius 3 is 2.54 bits per heavy atom. The molecule has 0 radical (unpaired) electrons. The normalized spacial score (nSPS) is 21.5. The highest BCUT2D eigenvalue weighted by atomic mass is 35.5. The van der Waals surface area contributed by atoms with E-state index in [1.165, 1.54) is 71.9 Å². The van der Waals surface area contributed by atoms with Gasteiger partial charge < -0.3 is 29.7 Å². The third-order valence-corrected chi connectivity index (χ3v) is 12.8. The van der Waals surface area contributed by atoms with Crippen LogP contribution in [0.25, 0.3) is 11.1 Å². The second-order valence-corrected chi connectivity index (χ2v) is 17.1. The summed E-state index contributed by atoms with van der Waals surface area (Å²) in [5, 5.41) is 23.8. The molecule has 8 rings (SSSR count). The molecule has 4 aliphatic rings. The summed E-state index contributed by atoms with van der Waals surface area (Å²) in [5.41, 5.74) is 9.37. The summed E-state index contributed by atoms with van der Waals surface area (Å²) in [5.74, 6) is 3.58. The fraction of sp³-hybridized carbons (Fsp3) is 0.511. The van der Waals surface area contributed by atoms with E-state index in [2.05, 4.69) is 64.6 Å². The highest BCUT2D eigenvalue weighted by Crippen LogP contribution is 2.44. The summed E-state index contributed by atoms with van der Waals surface area (Å²) < 4.78 is 19.7. The van der Waals surface area contributed by atoms with Crippen molar-refractivity contribution in [2.45, 2.75) is 115 Å². The Bertz CT molecular complexity index is 1950. The number of pyridine rings is 1. The fourth-order valence-electron chi connectivity index (χ4n) is 9.08. The lowest BCUT2D eigenvalue weighted by Crippen LogP contribution is -2.49. The smallest absolute Gasteiger partial charge is 0.142 e. The van der Waals surface area contributed by atoms with E-state index in [0.29, 0.717) is 42.9 Å². The molecule has 3 N–H and O–H groups in total. The van der Waals surface area contributed by atoms with Crippen molar-refractivity contribution in [1.29, 1.82) is 0 Å². The zero-order valence-electron chi connectivity index (χ0n) is 32.9. The van der Waals surface area contributed by atoms with Crippen LogP contribution in [-0.4, -0.2) is 65.1 Å². The van der Waals surface area contributed by atoms with Gasteiger partial charge in [0.2, 0.25) is 0 Å². The van der Waals surface area contributed by atoms with Gasteiger partial charge in [-0.15, -0.1) is 0 Å². The van der Waals surface area contributed by atoms with Crippen molar-refractivity contribution in [3.63, 3.8) is 0 Å². The first kappa shape index (κ1) is 39.2. The van der Waals surface area contributed by atoms with Crippen LogP contribution < -0.4 is 19.5 Å². The van der Waals surface area contributed by atoms with Crippen LogP contribution in [0.5, 0.6) is 17.2 Å². The van der Waals surface area contributed by atoms with Gasteiger partial charge in [0.25, 0.3) is 0 Å². The molecule has 3 heterocycles. The summed E-state index contributed by atoms with van der Waals surface area (Å²) in [6, 6.07) is 19.1. The second kappa shape index (κ2) is 18.3. The molecule has 1 aromatic heterocycles. The number of unbranched alkanes of at least 4 members (excludes halogenated alkanes) is 2. The molecule has 2 aliphatic carbocycles. The number of halogens is 1. The van der Waals surface area contributed by atoms with Crippen molar-refractivity contribution in [3.05, 3.63) is 105 Å². The van der Waals surface area contributed by atoms with Crippen LogP contribution in [0.15, 0.2) is 67.0 Å². The number of hydrogen-bond acceptors (Lipinski definition) is 8. The van der Waals surface area contributed by atoms with Gasteiger partial charge >= 0.3 is 0 Å². The number of fused-ring (bicyclic) bond motifs is 1. The Labute approximate surface area is 337 Å². The summed E-state index contributed by atoms with van der Waals surface area (Å²) in [6.07, 6.45) is 15.4. The molecule has 3 atom stereocenters. The van der Waals surface area contributed by atoms with Crippen molar-refractivity contribution < 1.29 is 24.4 Å². The largest absolute Gasteiger partial charge is 0.493 e. The summed E-state index contributed by atoms with van der Waals surface area (Å²) in [4.78, 5) is 6.69. The monoisotopic (exact) mass is 779 g/mol. The molecule has 2 aliphatic heterocycles. The number of aliphatic hydroxyl groups is 2. The lowest BCUT2D eigenvalue weighted by molar-refractivity contribution is -0.00335. The number of ether oxygens (including phenoxy) is 3. The maximum Gasteiger partial charge on any atom is 0.142 e. The average Bonchev–Trinajstić information content (AvgIpc) is 3.45. The molecule has 298 valence electrons. The van der Waals surface area contributed by atoms with Crippen LogP contribution in [0.1, 0.15) is 110 Å². The first-order chi connectivity index (χ1) is 27.4. The van der Waals surface area contributed by atoms with Gasteiger partial charge in [0.05, 0.1) is 23.8 Å². The molecule has 0 bridgehead atoms. The quantitative estimate of drug-likeness (QED) is 0.0766. The number of nitrogens with zero attached hydrogens (tertiary/aromatic N) is 2. The maximum atomic E-state index is 9.97. The van der Waals surface area contributed by atoms with Crippen molar-refractivity contribution >= 4 is 11.6 Å². The van der Waals surface area contributed by atoms with E-state index < -0.39 is 0 Å². The predicted octanol–water partition coefficient (Wildman–Crippen LogP) is 9.10. The molecule has 9 heteroatoms. The van der Waals surface area contributed by atoms with E-state index in [0.717, 1.165) is 80.3 Å². The van der Waals surface area contributed by atoms with E-state index in [9.17, 15) is 10.2 Å². The van der Waals surface area contributed by atoms with Crippen LogP contribution in [0, 0.1) is 12.8 Å². The molecule has 4 aromatic rings. The van der Waals surface area contributed by atoms with Gasteiger partial charge in [-0.3, -0.25) is 9.88 Å². The third kappa shape index (κ3) is 9.37. The molecule has 0 spiro atoms. The maximum absolute atomic E-state index is 9.97. The molecule has 56 heavy (non-hydrogen) atoms. The second-order valence-electron chi connectivity index (χ2n) is 16.7. The van der Waals surface area contributed by atoms with Gasteiger partial charge in [-0.25, -0.2) is 0 Å². The molecular weight excluding hydrogens is 722 g/mol. The zero-order valence-corrected chi connectivity index (χ0v) is 33.6. The molecule has 3 aromatic carbocycles. The van der Waals surface area contributed by atoms with Crippen LogP contribution in [0.4, 0.5) is 0 Å². The van der Waals surface area contributed by atoms with E-state index in [-0.39, 0.29) is 18.3 Å². The molecule has 2 saturated heterocycles. The number of hydrogen-bond donors (Lipinski definition) is 3. The fourth-order valence-corrected chi connectivity index (χ4v) is 9.31. The van der Waals surface area contributed by atoms with E-state index in [1.54, 1.807) is 0 Å². The van der Waals surface area contributed by atoms with Gasteiger partial charge in [-0.05, 0) is 103 Å². The number of aromatic nitrogens is 1. The number of β-amino-alcohol motifs (C(OH)–C–C–N with tert-alkyl or cyclic N) is 1. The highest BCUT2D eigenvalue weighted by molar-refractivity contribution is 6.32. The summed E-state index contributed by atoms with van der Waals surface area (Å²) >= 11 is 6.97. The average molecular weight is 780 g/mol. The Morgan fingerprint density at radius 1 is 0.839 bits per heavy atom. The number of aliphatic hydroxyl groups excluding tert-OH is 2. The number of benzene rings is 3. The Kier molecular flexibility index (Phi) is 12.8. The van der Waals surface area contributed by atoms with Crippen molar-refractivity contribution in [2.75, 3.05) is 32.8 Å². The zero-order chi connectivity index (χ0) is 38.4. The van der Waals surface area contributed by atoms with E-state index >= 15 is 0 Å². The van der Waals surface area contributed by atoms with Crippen molar-refractivity contribution in [1.82, 2.24) is 15.2 Å². The van der Waals surface area contributed by atoms with Crippen LogP contribution >= 0.6 is 11.6 Å². The van der Waals surface area contributed by atoms with E-state index in [4.69, 9.17) is 25.8 Å². The van der Waals surface area contributed by atoms with Crippen LogP contribution in [0.3, 0.4) is 0 Å². The Morgan fingerprint density at radius 2 is 1.70 bits per heavy atom. The van der Waals surface area contributed by atoms with Crippen LogP contribution in [0.2, 0.25) is 5.02 Å².